The maximum absolute atomic E-state index is 6.02. The van der Waals surface area contributed by atoms with Crippen LogP contribution in [-0.2, 0) is 13.0 Å². The molecule has 0 aromatic carbocycles. The smallest absolute Gasteiger partial charge is 0.0817 e. The molecule has 0 saturated heterocycles. The number of aromatic nitrogens is 2. The molecule has 0 fully saturated rings. The largest absolute Gasteiger partial charge is 0.268 e. The van der Waals surface area contributed by atoms with Gasteiger partial charge in [-0.15, -0.1) is 0 Å². The molecule has 1 aromatic rings. The molecule has 0 radical (unpaired) electrons. The molecule has 0 aliphatic carbocycles. The molecule has 0 aliphatic rings. The van der Waals surface area contributed by atoms with Gasteiger partial charge >= 0.3 is 0 Å². The Morgan fingerprint density at radius 1 is 1.62 bits per heavy atom. The van der Waals surface area contributed by atoms with E-state index < -0.39 is 0 Å². The topological polar surface area (TPSA) is 17.8 Å². The zero-order valence-electron chi connectivity index (χ0n) is 7.76. The molecule has 0 N–H and O–H groups in total. The van der Waals surface area contributed by atoms with Gasteiger partial charge in [-0.1, -0.05) is 34.5 Å². The SMILES string of the molecule is CCCn1ncc(Cl)c1CCCBr. The first-order chi connectivity index (χ1) is 6.29. The molecule has 0 bridgehead atoms. The first-order valence-corrected chi connectivity index (χ1v) is 6.05. The molecule has 1 heterocycles. The van der Waals surface area contributed by atoms with Crippen LogP contribution in [0.1, 0.15) is 25.5 Å². The lowest BCUT2D eigenvalue weighted by Crippen LogP contribution is -2.04. The van der Waals surface area contributed by atoms with Crippen molar-refractivity contribution < 1.29 is 0 Å². The lowest BCUT2D eigenvalue weighted by molar-refractivity contribution is 0.571. The molecular formula is C9H14BrClN2. The highest BCUT2D eigenvalue weighted by Crippen LogP contribution is 2.17. The minimum atomic E-state index is 0.800. The maximum Gasteiger partial charge on any atom is 0.0817 e. The van der Waals surface area contributed by atoms with E-state index >= 15 is 0 Å². The third kappa shape index (κ3) is 2.99. The molecule has 0 amide bonds. The van der Waals surface area contributed by atoms with Gasteiger partial charge in [0, 0.05) is 11.9 Å². The highest BCUT2D eigenvalue weighted by atomic mass is 79.9. The van der Waals surface area contributed by atoms with E-state index in [2.05, 4.69) is 28.0 Å². The van der Waals surface area contributed by atoms with Crippen molar-refractivity contribution in [3.63, 3.8) is 0 Å². The molecule has 13 heavy (non-hydrogen) atoms. The predicted octanol–water partition coefficient (Wildman–Crippen LogP) is 3.27. The summed E-state index contributed by atoms with van der Waals surface area (Å²) in [6.45, 7) is 3.11. The fourth-order valence-electron chi connectivity index (χ4n) is 1.28. The van der Waals surface area contributed by atoms with Gasteiger partial charge in [-0.05, 0) is 19.3 Å². The highest BCUT2D eigenvalue weighted by Gasteiger charge is 2.07. The summed E-state index contributed by atoms with van der Waals surface area (Å²) in [5.41, 5.74) is 1.17. The Labute approximate surface area is 92.4 Å². The molecular weight excluding hydrogens is 251 g/mol. The van der Waals surface area contributed by atoms with E-state index in [4.69, 9.17) is 11.6 Å². The van der Waals surface area contributed by atoms with Crippen LogP contribution in [0.15, 0.2) is 6.20 Å². The van der Waals surface area contributed by atoms with Crippen LogP contribution in [-0.4, -0.2) is 15.1 Å². The van der Waals surface area contributed by atoms with Crippen molar-refractivity contribution in [1.29, 1.82) is 0 Å². The zero-order chi connectivity index (χ0) is 9.68. The van der Waals surface area contributed by atoms with Crippen molar-refractivity contribution >= 4 is 27.5 Å². The molecule has 0 spiro atoms. The molecule has 0 unspecified atom stereocenters. The summed E-state index contributed by atoms with van der Waals surface area (Å²) >= 11 is 9.43. The molecule has 74 valence electrons. The number of nitrogens with zero attached hydrogens (tertiary/aromatic N) is 2. The first-order valence-electron chi connectivity index (χ1n) is 4.55. The van der Waals surface area contributed by atoms with Crippen molar-refractivity contribution in [2.24, 2.45) is 0 Å². The Balaban J connectivity index is 2.69. The molecule has 0 aliphatic heterocycles. The normalized spacial score (nSPS) is 10.7. The third-order valence-corrected chi connectivity index (χ3v) is 2.76. The van der Waals surface area contributed by atoms with Crippen molar-refractivity contribution in [2.45, 2.75) is 32.7 Å². The summed E-state index contributed by atoms with van der Waals surface area (Å²) in [6, 6.07) is 0. The van der Waals surface area contributed by atoms with Gasteiger partial charge in [0.25, 0.3) is 0 Å². The first kappa shape index (κ1) is 11.1. The number of rotatable bonds is 5. The summed E-state index contributed by atoms with van der Waals surface area (Å²) in [7, 11) is 0. The second kappa shape index (κ2) is 5.66. The van der Waals surface area contributed by atoms with Crippen LogP contribution in [0, 0.1) is 0 Å². The summed E-state index contributed by atoms with van der Waals surface area (Å²) < 4.78 is 2.00. The van der Waals surface area contributed by atoms with Gasteiger partial charge in [0.05, 0.1) is 16.9 Å². The van der Waals surface area contributed by atoms with E-state index in [1.807, 2.05) is 4.68 Å². The Kier molecular flexibility index (Phi) is 4.81. The van der Waals surface area contributed by atoms with E-state index in [0.29, 0.717) is 0 Å². The van der Waals surface area contributed by atoms with Crippen molar-refractivity contribution in [3.05, 3.63) is 16.9 Å². The number of alkyl halides is 1. The van der Waals surface area contributed by atoms with E-state index in [0.717, 1.165) is 36.2 Å². The van der Waals surface area contributed by atoms with Crippen LogP contribution in [0.5, 0.6) is 0 Å². The van der Waals surface area contributed by atoms with Crippen molar-refractivity contribution in [2.75, 3.05) is 5.33 Å². The molecule has 4 heteroatoms. The lowest BCUT2D eigenvalue weighted by Gasteiger charge is -2.05. The van der Waals surface area contributed by atoms with Gasteiger partial charge < -0.3 is 0 Å². The van der Waals surface area contributed by atoms with E-state index in [1.165, 1.54) is 5.69 Å². The second-order valence-corrected chi connectivity index (χ2v) is 4.16. The van der Waals surface area contributed by atoms with Crippen LogP contribution < -0.4 is 0 Å². The lowest BCUT2D eigenvalue weighted by atomic mass is 10.2. The minimum absolute atomic E-state index is 0.800. The predicted molar refractivity (Wildman–Crippen MR) is 59.6 cm³/mol. The maximum atomic E-state index is 6.02. The number of aryl methyl sites for hydroxylation is 1. The second-order valence-electron chi connectivity index (χ2n) is 2.95. The van der Waals surface area contributed by atoms with Gasteiger partial charge in [-0.3, -0.25) is 4.68 Å². The summed E-state index contributed by atoms with van der Waals surface area (Å²) in [6.07, 6.45) is 4.94. The molecule has 0 atom stereocenters. The van der Waals surface area contributed by atoms with Gasteiger partial charge in [0.2, 0.25) is 0 Å². The molecule has 0 saturated carbocycles. The van der Waals surface area contributed by atoms with Crippen LogP contribution in [0.4, 0.5) is 0 Å². The fraction of sp³-hybridized carbons (Fsp3) is 0.667. The number of hydrogen-bond donors (Lipinski definition) is 0. The molecule has 1 aromatic heterocycles. The van der Waals surface area contributed by atoms with E-state index in [9.17, 15) is 0 Å². The quantitative estimate of drug-likeness (QED) is 0.747. The van der Waals surface area contributed by atoms with E-state index in [-0.39, 0.29) is 0 Å². The monoisotopic (exact) mass is 264 g/mol. The van der Waals surface area contributed by atoms with Crippen molar-refractivity contribution in [3.8, 4) is 0 Å². The standard InChI is InChI=1S/C9H14BrClN2/c1-2-6-13-9(4-3-5-10)8(11)7-12-13/h7H,2-6H2,1H3. The van der Waals surface area contributed by atoms with Gasteiger partial charge in [-0.2, -0.15) is 5.10 Å². The van der Waals surface area contributed by atoms with Crippen LogP contribution >= 0.6 is 27.5 Å². The van der Waals surface area contributed by atoms with Gasteiger partial charge in [-0.25, -0.2) is 0 Å². The van der Waals surface area contributed by atoms with E-state index in [1.54, 1.807) is 6.20 Å². The number of halogens is 2. The average Bonchev–Trinajstić information content (AvgIpc) is 2.45. The molecule has 1 rings (SSSR count). The third-order valence-electron chi connectivity index (χ3n) is 1.88. The van der Waals surface area contributed by atoms with Crippen LogP contribution in [0.2, 0.25) is 5.02 Å². The van der Waals surface area contributed by atoms with Gasteiger partial charge in [0.15, 0.2) is 0 Å². The number of hydrogen-bond acceptors (Lipinski definition) is 1. The minimum Gasteiger partial charge on any atom is -0.268 e. The summed E-state index contributed by atoms with van der Waals surface area (Å²) in [5.74, 6) is 0. The molecule has 2 nitrogen and oxygen atoms in total. The van der Waals surface area contributed by atoms with Crippen LogP contribution in [0.3, 0.4) is 0 Å². The Morgan fingerprint density at radius 2 is 2.38 bits per heavy atom. The summed E-state index contributed by atoms with van der Waals surface area (Å²) in [4.78, 5) is 0. The van der Waals surface area contributed by atoms with Gasteiger partial charge in [0.1, 0.15) is 0 Å². The zero-order valence-corrected chi connectivity index (χ0v) is 10.1. The van der Waals surface area contributed by atoms with Crippen LogP contribution in [0.25, 0.3) is 0 Å². The Morgan fingerprint density at radius 3 is 3.00 bits per heavy atom. The fourth-order valence-corrected chi connectivity index (χ4v) is 1.79. The summed E-state index contributed by atoms with van der Waals surface area (Å²) in [5, 5.41) is 6.04. The Hall–Kier alpha value is -0.0200. The Bertz CT molecular complexity index is 260. The highest BCUT2D eigenvalue weighted by molar-refractivity contribution is 9.09. The van der Waals surface area contributed by atoms with Crippen molar-refractivity contribution in [1.82, 2.24) is 9.78 Å². The average molecular weight is 266 g/mol.